The van der Waals surface area contributed by atoms with Crippen LogP contribution in [0.15, 0.2) is 104 Å². The fourth-order valence-electron chi connectivity index (χ4n) is 7.41. The van der Waals surface area contributed by atoms with Crippen LogP contribution in [0.3, 0.4) is 0 Å². The number of carbonyl (C=O) groups excluding carboxylic acids is 3. The van der Waals surface area contributed by atoms with Crippen LogP contribution >= 0.6 is 31.9 Å². The first-order valence-electron chi connectivity index (χ1n) is 20.3. The Morgan fingerprint density at radius 3 is 1.55 bits per heavy atom. The zero-order valence-corrected chi connectivity index (χ0v) is 39.1. The largest absolute Gasteiger partial charge is 0.477 e. The summed E-state index contributed by atoms with van der Waals surface area (Å²) < 4.78 is 29.6. The van der Waals surface area contributed by atoms with Gasteiger partial charge in [-0.15, -0.1) is 0 Å². The van der Waals surface area contributed by atoms with Gasteiger partial charge in [0.25, 0.3) is 17.0 Å². The SMILES string of the molecule is CC1(C)CN(C(=O)Cn2c(=O)c(C(=O)NCc3ccc(Br)c(F)c3)cc3cccnc32)C1.CC1(C)CN(C(=O)Cn2c(=O)c(C(=O)O)cc3cccnc32)C1.NCc1ccc(Br)c(F)c1. The molecule has 2 aromatic carbocycles. The number of hydrogen-bond acceptors (Lipinski definition) is 9. The van der Waals surface area contributed by atoms with E-state index in [1.54, 1.807) is 58.3 Å². The van der Waals surface area contributed by atoms with Gasteiger partial charge in [0.1, 0.15) is 47.1 Å². The topological polar surface area (TPSA) is 203 Å². The third kappa shape index (κ3) is 11.6. The molecule has 0 radical (unpaired) electrons. The van der Waals surface area contributed by atoms with E-state index in [1.165, 1.54) is 41.2 Å². The quantitative estimate of drug-likeness (QED) is 0.152. The average molecular weight is 1020 g/mol. The third-order valence-electron chi connectivity index (χ3n) is 10.6. The van der Waals surface area contributed by atoms with Gasteiger partial charge in [-0.2, -0.15) is 0 Å². The van der Waals surface area contributed by atoms with E-state index in [2.05, 4.69) is 74.8 Å². The number of rotatable bonds is 9. The van der Waals surface area contributed by atoms with Crippen molar-refractivity contribution in [3.05, 3.63) is 149 Å². The Labute approximate surface area is 388 Å². The molecule has 340 valence electrons. The van der Waals surface area contributed by atoms with Crippen LogP contribution in [0.5, 0.6) is 0 Å². The van der Waals surface area contributed by atoms with Crippen molar-refractivity contribution in [1.29, 1.82) is 0 Å². The maximum absolute atomic E-state index is 13.7. The molecule has 2 saturated heterocycles. The van der Waals surface area contributed by atoms with E-state index in [9.17, 15) is 42.7 Å². The average Bonchev–Trinajstić information content (AvgIpc) is 3.25. The molecule has 19 heteroatoms. The molecule has 3 amide bonds. The number of fused-ring (bicyclic) bond motifs is 2. The number of carboxylic acids is 1. The summed E-state index contributed by atoms with van der Waals surface area (Å²) in [4.78, 5) is 86.4. The molecule has 2 aliphatic heterocycles. The van der Waals surface area contributed by atoms with E-state index in [-0.39, 0.29) is 59.2 Å². The first kappa shape index (κ1) is 48.3. The van der Waals surface area contributed by atoms with E-state index in [1.807, 2.05) is 0 Å². The van der Waals surface area contributed by atoms with Crippen molar-refractivity contribution >= 4 is 77.6 Å². The summed E-state index contributed by atoms with van der Waals surface area (Å²) in [5.41, 5.74) is 5.70. The van der Waals surface area contributed by atoms with Crippen molar-refractivity contribution in [3.8, 4) is 0 Å². The van der Waals surface area contributed by atoms with Gasteiger partial charge in [0.15, 0.2) is 0 Å². The molecule has 0 atom stereocenters. The van der Waals surface area contributed by atoms with Gasteiger partial charge in [-0.3, -0.25) is 33.1 Å². The molecule has 0 bridgehead atoms. The van der Waals surface area contributed by atoms with Gasteiger partial charge >= 0.3 is 5.97 Å². The lowest BCUT2D eigenvalue weighted by Crippen LogP contribution is -2.56. The standard InChI is InChI=1S/C23H22BrFN4O3.C16H17N3O4.C7H7BrFN/c1-23(2)12-28(13-23)19(30)11-29-20-15(4-3-7-26-20)9-16(22(29)32)21(31)27-10-14-5-6-17(24)18(25)8-14;1-16(2)8-18(9-16)12(20)7-19-13-10(4-3-5-17-13)6-11(14(19)21)15(22)23;8-6-2-1-5(4-10)3-7(6)9/h3-9H,10-13H2,1-2H3,(H,27,31);3-6H,7-9H2,1-2H3,(H,22,23);1-3H,4,10H2. The summed E-state index contributed by atoms with van der Waals surface area (Å²) in [6.45, 7) is 10.8. The number of carboxylic acid groups (broad SMARTS) is 1. The van der Waals surface area contributed by atoms with Crippen LogP contribution in [-0.4, -0.2) is 83.9 Å². The zero-order valence-electron chi connectivity index (χ0n) is 35.9. The lowest BCUT2D eigenvalue weighted by atomic mass is 9.84. The van der Waals surface area contributed by atoms with Gasteiger partial charge < -0.3 is 26.0 Å². The van der Waals surface area contributed by atoms with Crippen LogP contribution in [0, 0.1) is 22.5 Å². The van der Waals surface area contributed by atoms with Crippen molar-refractivity contribution in [3.63, 3.8) is 0 Å². The summed E-state index contributed by atoms with van der Waals surface area (Å²) in [5.74, 6) is -3.02. The van der Waals surface area contributed by atoms with Crippen molar-refractivity contribution in [2.75, 3.05) is 26.2 Å². The molecule has 4 aromatic heterocycles. The number of nitrogens with zero attached hydrogens (tertiary/aromatic N) is 6. The molecule has 2 fully saturated rings. The van der Waals surface area contributed by atoms with E-state index in [0.717, 1.165) is 10.1 Å². The highest BCUT2D eigenvalue weighted by Crippen LogP contribution is 2.30. The highest BCUT2D eigenvalue weighted by Gasteiger charge is 2.38. The molecule has 4 N–H and O–H groups in total. The van der Waals surface area contributed by atoms with E-state index in [4.69, 9.17) is 5.73 Å². The van der Waals surface area contributed by atoms with Gasteiger partial charge in [0.05, 0.1) is 8.95 Å². The summed E-state index contributed by atoms with van der Waals surface area (Å²) in [6.07, 6.45) is 3.05. The van der Waals surface area contributed by atoms with Crippen LogP contribution < -0.4 is 22.2 Å². The van der Waals surface area contributed by atoms with Crippen molar-refractivity contribution in [2.24, 2.45) is 16.6 Å². The zero-order chi connectivity index (χ0) is 47.4. The summed E-state index contributed by atoms with van der Waals surface area (Å²) >= 11 is 6.13. The fraction of sp³-hybridized carbons (Fsp3) is 0.304. The monoisotopic (exact) mass is 1020 g/mol. The summed E-state index contributed by atoms with van der Waals surface area (Å²) in [6, 6.07) is 18.9. The minimum Gasteiger partial charge on any atom is -0.477 e. The molecule has 6 aromatic rings. The Morgan fingerprint density at radius 1 is 0.692 bits per heavy atom. The third-order valence-corrected chi connectivity index (χ3v) is 11.9. The molecule has 2 aliphatic rings. The summed E-state index contributed by atoms with van der Waals surface area (Å²) in [5, 5.41) is 12.9. The number of benzene rings is 2. The van der Waals surface area contributed by atoms with Gasteiger partial charge in [-0.25, -0.2) is 23.5 Å². The number of aromatic nitrogens is 4. The molecule has 0 spiro atoms. The van der Waals surface area contributed by atoms with Crippen molar-refractivity contribution < 1.29 is 33.1 Å². The Balaban J connectivity index is 0.000000184. The van der Waals surface area contributed by atoms with Gasteiger partial charge in [-0.1, -0.05) is 39.8 Å². The molecule has 6 heterocycles. The fourth-order valence-corrected chi connectivity index (χ4v) is 7.91. The Bertz CT molecular complexity index is 2940. The predicted molar refractivity (Wildman–Crippen MR) is 247 cm³/mol. The molecular weight excluding hydrogens is 974 g/mol. The Hall–Kier alpha value is -6.18. The number of hydrogen-bond donors (Lipinski definition) is 3. The molecular formula is C46H46Br2F2N8O7. The second kappa shape index (κ2) is 19.9. The van der Waals surface area contributed by atoms with E-state index in [0.29, 0.717) is 69.3 Å². The second-order valence-electron chi connectivity index (χ2n) is 17.2. The molecule has 0 aliphatic carbocycles. The smallest absolute Gasteiger partial charge is 0.341 e. The van der Waals surface area contributed by atoms with Gasteiger partial charge in [0.2, 0.25) is 11.8 Å². The van der Waals surface area contributed by atoms with E-state index < -0.39 is 28.8 Å². The van der Waals surface area contributed by atoms with E-state index >= 15 is 0 Å². The number of pyridine rings is 4. The number of halogens is 4. The number of likely N-dealkylation sites (tertiary alicyclic amines) is 2. The molecule has 0 unspecified atom stereocenters. The van der Waals surface area contributed by atoms with Crippen LogP contribution in [-0.2, 0) is 35.8 Å². The Morgan fingerprint density at radius 2 is 1.12 bits per heavy atom. The maximum atomic E-state index is 13.7. The lowest BCUT2D eigenvalue weighted by molar-refractivity contribution is -0.142. The number of amides is 3. The van der Waals surface area contributed by atoms with Crippen LogP contribution in [0.2, 0.25) is 0 Å². The number of nitrogens with one attached hydrogen (secondary N) is 1. The first-order chi connectivity index (χ1) is 30.7. The Kier molecular flexibility index (Phi) is 14.8. The van der Waals surface area contributed by atoms with Gasteiger partial charge in [-0.05, 0) is 114 Å². The maximum Gasteiger partial charge on any atom is 0.341 e. The lowest BCUT2D eigenvalue weighted by Gasteiger charge is -2.45. The number of aromatic carboxylic acids is 1. The first-order valence-corrected chi connectivity index (χ1v) is 21.9. The van der Waals surface area contributed by atoms with Crippen molar-refractivity contribution in [1.82, 2.24) is 34.2 Å². The van der Waals surface area contributed by atoms with Gasteiger partial charge in [0, 0.05) is 62.4 Å². The predicted octanol–water partition coefficient (Wildman–Crippen LogP) is 6.11. The second-order valence-corrected chi connectivity index (χ2v) is 19.0. The number of carbonyl (C=O) groups is 4. The van der Waals surface area contributed by atoms with Crippen LogP contribution in [0.25, 0.3) is 22.1 Å². The highest BCUT2D eigenvalue weighted by atomic mass is 79.9. The summed E-state index contributed by atoms with van der Waals surface area (Å²) in [7, 11) is 0. The molecule has 0 saturated carbocycles. The minimum atomic E-state index is -1.31. The molecule has 65 heavy (non-hydrogen) atoms. The minimum absolute atomic E-state index is 0.0509. The molecule has 15 nitrogen and oxygen atoms in total. The highest BCUT2D eigenvalue weighted by molar-refractivity contribution is 9.10. The van der Waals surface area contributed by atoms with Crippen molar-refractivity contribution in [2.45, 2.75) is 53.9 Å². The number of nitrogens with two attached hydrogens (primary N) is 1. The van der Waals surface area contributed by atoms with Crippen LogP contribution in [0.1, 0.15) is 59.5 Å². The normalized spacial score (nSPS) is 14.5. The van der Waals surface area contributed by atoms with Crippen LogP contribution in [0.4, 0.5) is 8.78 Å². The molecule has 8 rings (SSSR count).